The number of alkyl halides is 3. The van der Waals surface area contributed by atoms with Gasteiger partial charge in [0.1, 0.15) is 6.10 Å². The second-order valence-electron chi connectivity index (χ2n) is 4.35. The number of ketones is 1. The smallest absolute Gasteiger partial charge is 0.449 e. The van der Waals surface area contributed by atoms with E-state index in [0.29, 0.717) is 18.9 Å². The lowest BCUT2D eigenvalue weighted by molar-refractivity contribution is -0.178. The van der Waals surface area contributed by atoms with Gasteiger partial charge < -0.3 is 9.47 Å². The molecule has 1 aliphatic heterocycles. The first-order valence-corrected chi connectivity index (χ1v) is 5.45. The minimum atomic E-state index is -4.71. The van der Waals surface area contributed by atoms with Gasteiger partial charge in [-0.3, -0.25) is 9.59 Å². The number of hydrogen-bond donors (Lipinski definition) is 0. The van der Waals surface area contributed by atoms with Crippen LogP contribution in [0.4, 0.5) is 13.2 Å². The number of esters is 1. The van der Waals surface area contributed by atoms with Crippen LogP contribution in [0.5, 0.6) is 0 Å². The van der Waals surface area contributed by atoms with Crippen LogP contribution in [0.15, 0.2) is 11.8 Å². The molecule has 100 valence electrons. The molecular weight excluding hydrogens is 253 g/mol. The summed E-state index contributed by atoms with van der Waals surface area (Å²) in [6, 6.07) is 0. The molecule has 2 aliphatic rings. The molecule has 0 radical (unpaired) electrons. The predicted molar refractivity (Wildman–Crippen MR) is 52.4 cm³/mol. The summed E-state index contributed by atoms with van der Waals surface area (Å²) in [5.74, 6) is -2.73. The molecular formula is C11H11F3O4. The van der Waals surface area contributed by atoms with Crippen LogP contribution in [0, 0.1) is 0 Å². The number of ether oxygens (including phenoxy) is 2. The third kappa shape index (κ3) is 1.97. The maximum absolute atomic E-state index is 12.5. The van der Waals surface area contributed by atoms with E-state index in [4.69, 9.17) is 9.47 Å². The standard InChI is InChI=1S/C11H11F3O4/c1-6(15)17-8-3-2-4-10(8)7(16)5-9(18-10)11(12,13)14/h5,8H,2-4H2,1H3/t8-,10+/m0/s1. The summed E-state index contributed by atoms with van der Waals surface area (Å²) in [6.45, 7) is 1.14. The van der Waals surface area contributed by atoms with Gasteiger partial charge in [-0.2, -0.15) is 13.2 Å². The zero-order valence-electron chi connectivity index (χ0n) is 9.54. The van der Waals surface area contributed by atoms with Crippen molar-refractivity contribution in [2.24, 2.45) is 0 Å². The van der Waals surface area contributed by atoms with Gasteiger partial charge in [0.15, 0.2) is 0 Å². The maximum Gasteiger partial charge on any atom is 0.449 e. The highest BCUT2D eigenvalue weighted by atomic mass is 19.4. The van der Waals surface area contributed by atoms with Gasteiger partial charge in [-0.25, -0.2) is 0 Å². The third-order valence-electron chi connectivity index (χ3n) is 3.09. The second kappa shape index (κ2) is 4.00. The van der Waals surface area contributed by atoms with E-state index in [1.54, 1.807) is 0 Å². The molecule has 4 nitrogen and oxygen atoms in total. The molecule has 1 fully saturated rings. The van der Waals surface area contributed by atoms with E-state index in [-0.39, 0.29) is 6.42 Å². The monoisotopic (exact) mass is 264 g/mol. The molecule has 1 spiro atoms. The molecule has 18 heavy (non-hydrogen) atoms. The second-order valence-corrected chi connectivity index (χ2v) is 4.35. The number of carbonyl (C=O) groups excluding carboxylic acids is 2. The Morgan fingerprint density at radius 1 is 1.56 bits per heavy atom. The molecule has 1 heterocycles. The molecule has 1 aliphatic carbocycles. The van der Waals surface area contributed by atoms with Crippen LogP contribution in [0.25, 0.3) is 0 Å². The lowest BCUT2D eigenvalue weighted by Gasteiger charge is -2.29. The molecule has 0 amide bonds. The molecule has 2 rings (SSSR count). The first kappa shape index (κ1) is 12.9. The van der Waals surface area contributed by atoms with Gasteiger partial charge in [0, 0.05) is 13.0 Å². The molecule has 0 unspecified atom stereocenters. The van der Waals surface area contributed by atoms with Gasteiger partial charge in [-0.1, -0.05) is 0 Å². The van der Waals surface area contributed by atoms with Crippen molar-refractivity contribution < 1.29 is 32.2 Å². The van der Waals surface area contributed by atoms with Crippen molar-refractivity contribution in [3.63, 3.8) is 0 Å². The molecule has 0 aromatic carbocycles. The fourth-order valence-corrected chi connectivity index (χ4v) is 2.35. The van der Waals surface area contributed by atoms with Crippen LogP contribution in [0.3, 0.4) is 0 Å². The van der Waals surface area contributed by atoms with E-state index in [1.807, 2.05) is 0 Å². The quantitative estimate of drug-likeness (QED) is 0.679. The van der Waals surface area contributed by atoms with Gasteiger partial charge in [0.25, 0.3) is 0 Å². The third-order valence-corrected chi connectivity index (χ3v) is 3.09. The van der Waals surface area contributed by atoms with Gasteiger partial charge in [-0.05, 0) is 19.3 Å². The first-order valence-electron chi connectivity index (χ1n) is 5.45. The van der Waals surface area contributed by atoms with E-state index < -0.39 is 35.4 Å². The average Bonchev–Trinajstić information content (AvgIpc) is 2.73. The molecule has 2 atom stereocenters. The fraction of sp³-hybridized carbons (Fsp3) is 0.636. The van der Waals surface area contributed by atoms with E-state index in [9.17, 15) is 22.8 Å². The van der Waals surface area contributed by atoms with Crippen LogP contribution in [-0.4, -0.2) is 29.6 Å². The summed E-state index contributed by atoms with van der Waals surface area (Å²) in [7, 11) is 0. The van der Waals surface area contributed by atoms with Crippen molar-refractivity contribution in [3.05, 3.63) is 11.8 Å². The van der Waals surface area contributed by atoms with Crippen molar-refractivity contribution in [1.82, 2.24) is 0 Å². The van der Waals surface area contributed by atoms with Crippen molar-refractivity contribution in [2.75, 3.05) is 0 Å². The van der Waals surface area contributed by atoms with E-state index in [1.165, 1.54) is 0 Å². The molecule has 0 bridgehead atoms. The number of halogens is 3. The number of rotatable bonds is 1. The van der Waals surface area contributed by atoms with Gasteiger partial charge in [0.05, 0.1) is 0 Å². The summed E-state index contributed by atoms with van der Waals surface area (Å²) in [6.07, 6.45) is -4.28. The Bertz CT molecular complexity index is 426. The van der Waals surface area contributed by atoms with Gasteiger partial charge >= 0.3 is 12.1 Å². The molecule has 0 saturated heterocycles. The molecule has 0 N–H and O–H groups in total. The number of hydrogen-bond acceptors (Lipinski definition) is 4. The lowest BCUT2D eigenvalue weighted by atomic mass is 9.95. The highest BCUT2D eigenvalue weighted by Crippen LogP contribution is 2.45. The Labute approximate surface area is 101 Å². The highest BCUT2D eigenvalue weighted by Gasteiger charge is 2.59. The minimum absolute atomic E-state index is 0.125. The summed E-state index contributed by atoms with van der Waals surface area (Å²) in [5, 5.41) is 0. The Hall–Kier alpha value is -1.53. The summed E-state index contributed by atoms with van der Waals surface area (Å²) in [5.41, 5.74) is -1.67. The van der Waals surface area contributed by atoms with Crippen LogP contribution < -0.4 is 0 Å². The summed E-state index contributed by atoms with van der Waals surface area (Å²) in [4.78, 5) is 22.7. The topological polar surface area (TPSA) is 52.6 Å². The summed E-state index contributed by atoms with van der Waals surface area (Å²) >= 11 is 0. The van der Waals surface area contributed by atoms with Gasteiger partial charge in [0.2, 0.25) is 17.1 Å². The van der Waals surface area contributed by atoms with E-state index in [2.05, 4.69) is 0 Å². The Morgan fingerprint density at radius 2 is 2.22 bits per heavy atom. The van der Waals surface area contributed by atoms with Gasteiger partial charge in [-0.15, -0.1) is 0 Å². The Balaban J connectivity index is 2.24. The Kier molecular flexibility index (Phi) is 2.87. The average molecular weight is 264 g/mol. The van der Waals surface area contributed by atoms with Crippen LogP contribution in [0.1, 0.15) is 26.2 Å². The van der Waals surface area contributed by atoms with E-state index >= 15 is 0 Å². The molecule has 1 saturated carbocycles. The maximum atomic E-state index is 12.5. The number of allylic oxidation sites excluding steroid dienone is 1. The fourth-order valence-electron chi connectivity index (χ4n) is 2.35. The zero-order valence-corrected chi connectivity index (χ0v) is 9.54. The van der Waals surface area contributed by atoms with Crippen molar-refractivity contribution in [1.29, 1.82) is 0 Å². The first-order chi connectivity index (χ1) is 8.25. The van der Waals surface area contributed by atoms with Crippen LogP contribution >= 0.6 is 0 Å². The van der Waals surface area contributed by atoms with Crippen molar-refractivity contribution in [2.45, 2.75) is 44.1 Å². The largest absolute Gasteiger partial charge is 0.470 e. The van der Waals surface area contributed by atoms with Crippen molar-refractivity contribution >= 4 is 11.8 Å². The number of carbonyl (C=O) groups is 2. The highest BCUT2D eigenvalue weighted by molar-refractivity contribution is 6.00. The Morgan fingerprint density at radius 3 is 2.72 bits per heavy atom. The predicted octanol–water partition coefficient (Wildman–Crippen LogP) is 1.89. The lowest BCUT2D eigenvalue weighted by Crippen LogP contribution is -2.46. The zero-order chi connectivity index (χ0) is 13.6. The van der Waals surface area contributed by atoms with Crippen molar-refractivity contribution in [3.8, 4) is 0 Å². The normalized spacial score (nSPS) is 31.4. The van der Waals surface area contributed by atoms with Crippen LogP contribution in [0.2, 0.25) is 0 Å². The van der Waals surface area contributed by atoms with E-state index in [0.717, 1.165) is 6.92 Å². The molecule has 0 aromatic rings. The SMILES string of the molecule is CC(=O)O[C@H]1CCC[C@]12OC(C(F)(F)F)=CC2=O. The summed E-state index contributed by atoms with van der Waals surface area (Å²) < 4.78 is 47.2. The molecule has 0 aromatic heterocycles. The molecule has 7 heteroatoms. The van der Waals surface area contributed by atoms with Crippen LogP contribution in [-0.2, 0) is 19.1 Å². The minimum Gasteiger partial charge on any atom is -0.470 e.